The van der Waals surface area contributed by atoms with Crippen molar-refractivity contribution in [3.8, 4) is 5.75 Å². The smallest absolute Gasteiger partial charge is 0.259 e. The first-order valence-corrected chi connectivity index (χ1v) is 9.31. The molecular formula is C23H23N3O3. The molecule has 0 spiro atoms. The molecule has 1 heterocycles. The molecule has 0 saturated carbocycles. The Morgan fingerprint density at radius 3 is 2.34 bits per heavy atom. The van der Waals surface area contributed by atoms with Gasteiger partial charge >= 0.3 is 0 Å². The number of rotatable bonds is 6. The zero-order chi connectivity index (χ0) is 20.8. The topological polar surface area (TPSA) is 71.5 Å². The molecule has 148 valence electrons. The zero-order valence-electron chi connectivity index (χ0n) is 16.6. The number of hydrogen-bond donors (Lipinski definition) is 1. The van der Waals surface area contributed by atoms with Crippen LogP contribution in [0.4, 0.5) is 11.4 Å². The van der Waals surface area contributed by atoms with E-state index in [-0.39, 0.29) is 23.5 Å². The third-order valence-corrected chi connectivity index (χ3v) is 4.19. The summed E-state index contributed by atoms with van der Waals surface area (Å²) in [6, 6.07) is 18.0. The summed E-state index contributed by atoms with van der Waals surface area (Å²) in [6.07, 6.45) is 2.86. The maximum atomic E-state index is 12.8. The lowest BCUT2D eigenvalue weighted by Crippen LogP contribution is -2.26. The van der Waals surface area contributed by atoms with Gasteiger partial charge in [0.1, 0.15) is 5.75 Å². The highest BCUT2D eigenvalue weighted by Crippen LogP contribution is 2.25. The van der Waals surface area contributed by atoms with E-state index in [1.807, 2.05) is 56.3 Å². The molecule has 6 heteroatoms. The summed E-state index contributed by atoms with van der Waals surface area (Å²) in [6.45, 7) is 3.84. The number of carbonyl (C=O) groups is 2. The van der Waals surface area contributed by atoms with E-state index < -0.39 is 0 Å². The van der Waals surface area contributed by atoms with Crippen molar-refractivity contribution in [1.29, 1.82) is 0 Å². The van der Waals surface area contributed by atoms with E-state index in [4.69, 9.17) is 4.74 Å². The number of amides is 2. The second-order valence-corrected chi connectivity index (χ2v) is 6.78. The van der Waals surface area contributed by atoms with Crippen LogP contribution in [-0.2, 0) is 0 Å². The number of para-hydroxylation sites is 3. The first-order chi connectivity index (χ1) is 14.0. The maximum absolute atomic E-state index is 12.8. The maximum Gasteiger partial charge on any atom is 0.259 e. The fourth-order valence-corrected chi connectivity index (χ4v) is 2.76. The molecule has 0 radical (unpaired) electrons. The highest BCUT2D eigenvalue weighted by Gasteiger charge is 2.17. The standard InChI is InChI=1S/C23H23N3O3/c1-16(2)29-21-12-8-7-11-20(21)25-22(27)17-13-18(15-24-14-17)23(28)26(3)19-9-5-4-6-10-19/h4-16H,1-3H3,(H,25,27). The number of anilines is 2. The predicted molar refractivity (Wildman–Crippen MR) is 114 cm³/mol. The van der Waals surface area contributed by atoms with Crippen LogP contribution in [-0.4, -0.2) is 29.9 Å². The molecule has 0 atom stereocenters. The lowest BCUT2D eigenvalue weighted by atomic mass is 10.1. The minimum Gasteiger partial charge on any atom is -0.489 e. The second-order valence-electron chi connectivity index (χ2n) is 6.78. The number of pyridine rings is 1. The van der Waals surface area contributed by atoms with Crippen LogP contribution in [0.3, 0.4) is 0 Å². The molecule has 2 aromatic carbocycles. The zero-order valence-corrected chi connectivity index (χ0v) is 16.6. The van der Waals surface area contributed by atoms with Gasteiger partial charge in [0.25, 0.3) is 11.8 Å². The Labute approximate surface area is 170 Å². The Kier molecular flexibility index (Phi) is 6.24. The number of benzene rings is 2. The SMILES string of the molecule is CC(C)Oc1ccccc1NC(=O)c1cncc(C(=O)N(C)c2ccccc2)c1. The molecule has 1 aromatic heterocycles. The largest absolute Gasteiger partial charge is 0.489 e. The van der Waals surface area contributed by atoms with E-state index in [1.165, 1.54) is 23.4 Å². The van der Waals surface area contributed by atoms with Gasteiger partial charge in [-0.1, -0.05) is 30.3 Å². The lowest BCUT2D eigenvalue weighted by Gasteiger charge is -2.17. The average Bonchev–Trinajstić information content (AvgIpc) is 2.74. The molecule has 3 rings (SSSR count). The Morgan fingerprint density at radius 1 is 0.966 bits per heavy atom. The molecule has 0 aliphatic carbocycles. The van der Waals surface area contributed by atoms with Crippen LogP contribution in [0.15, 0.2) is 73.1 Å². The molecule has 3 aromatic rings. The minimum absolute atomic E-state index is 0.0239. The Balaban J connectivity index is 1.79. The number of nitrogens with one attached hydrogen (secondary N) is 1. The summed E-state index contributed by atoms with van der Waals surface area (Å²) in [4.78, 5) is 31.1. The Bertz CT molecular complexity index is 1000. The lowest BCUT2D eigenvalue weighted by molar-refractivity contribution is 0.0992. The van der Waals surface area contributed by atoms with Crippen molar-refractivity contribution in [1.82, 2.24) is 4.98 Å². The molecule has 0 aliphatic heterocycles. The molecule has 6 nitrogen and oxygen atoms in total. The van der Waals surface area contributed by atoms with Crippen LogP contribution < -0.4 is 15.0 Å². The first-order valence-electron chi connectivity index (χ1n) is 9.31. The third kappa shape index (κ3) is 4.99. The van der Waals surface area contributed by atoms with E-state index in [1.54, 1.807) is 19.2 Å². The van der Waals surface area contributed by atoms with Crippen molar-refractivity contribution >= 4 is 23.2 Å². The van der Waals surface area contributed by atoms with Crippen LogP contribution in [0.2, 0.25) is 0 Å². The van der Waals surface area contributed by atoms with Crippen molar-refractivity contribution in [3.63, 3.8) is 0 Å². The number of hydrogen-bond acceptors (Lipinski definition) is 4. The highest BCUT2D eigenvalue weighted by atomic mass is 16.5. The van der Waals surface area contributed by atoms with Crippen LogP contribution in [0.1, 0.15) is 34.6 Å². The van der Waals surface area contributed by atoms with E-state index in [9.17, 15) is 9.59 Å². The Hall–Kier alpha value is -3.67. The van der Waals surface area contributed by atoms with Gasteiger partial charge in [-0.05, 0) is 44.2 Å². The molecule has 2 amide bonds. The van der Waals surface area contributed by atoms with Crippen molar-refractivity contribution in [2.45, 2.75) is 20.0 Å². The third-order valence-electron chi connectivity index (χ3n) is 4.19. The minimum atomic E-state index is -0.366. The van der Waals surface area contributed by atoms with Gasteiger partial charge in [-0.15, -0.1) is 0 Å². The van der Waals surface area contributed by atoms with Gasteiger partial charge in [0.15, 0.2) is 0 Å². The molecule has 0 aliphatic rings. The van der Waals surface area contributed by atoms with E-state index >= 15 is 0 Å². The van der Waals surface area contributed by atoms with Crippen molar-refractivity contribution in [2.75, 3.05) is 17.3 Å². The highest BCUT2D eigenvalue weighted by molar-refractivity contribution is 6.09. The van der Waals surface area contributed by atoms with Crippen LogP contribution in [0.5, 0.6) is 5.75 Å². The molecule has 0 bridgehead atoms. The summed E-state index contributed by atoms with van der Waals surface area (Å²) in [5.41, 5.74) is 1.93. The summed E-state index contributed by atoms with van der Waals surface area (Å²) < 4.78 is 5.73. The molecule has 29 heavy (non-hydrogen) atoms. The quantitative estimate of drug-likeness (QED) is 0.678. The number of carbonyl (C=O) groups excluding carboxylic acids is 2. The summed E-state index contributed by atoms with van der Waals surface area (Å²) in [5.74, 6) is -0.0314. The average molecular weight is 389 g/mol. The van der Waals surface area contributed by atoms with Gasteiger partial charge in [0, 0.05) is 25.1 Å². The van der Waals surface area contributed by atoms with Crippen LogP contribution in [0, 0.1) is 0 Å². The summed E-state index contributed by atoms with van der Waals surface area (Å²) in [5, 5.41) is 2.83. The van der Waals surface area contributed by atoms with Crippen molar-refractivity contribution in [3.05, 3.63) is 84.2 Å². The van der Waals surface area contributed by atoms with Crippen molar-refractivity contribution < 1.29 is 14.3 Å². The van der Waals surface area contributed by atoms with Gasteiger partial charge in [0.2, 0.25) is 0 Å². The van der Waals surface area contributed by atoms with E-state index in [0.717, 1.165) is 5.69 Å². The summed E-state index contributed by atoms with van der Waals surface area (Å²) in [7, 11) is 1.68. The van der Waals surface area contributed by atoms with Gasteiger partial charge in [-0.25, -0.2) is 0 Å². The second kappa shape index (κ2) is 9.01. The van der Waals surface area contributed by atoms with Gasteiger partial charge in [-0.3, -0.25) is 14.6 Å². The number of aromatic nitrogens is 1. The molecule has 1 N–H and O–H groups in total. The van der Waals surface area contributed by atoms with E-state index in [2.05, 4.69) is 10.3 Å². The summed E-state index contributed by atoms with van der Waals surface area (Å²) >= 11 is 0. The van der Waals surface area contributed by atoms with Crippen LogP contribution >= 0.6 is 0 Å². The molecule has 0 saturated heterocycles. The normalized spacial score (nSPS) is 10.5. The number of nitrogens with zero attached hydrogens (tertiary/aromatic N) is 2. The van der Waals surface area contributed by atoms with E-state index in [0.29, 0.717) is 17.0 Å². The van der Waals surface area contributed by atoms with Crippen LogP contribution in [0.25, 0.3) is 0 Å². The first kappa shape index (κ1) is 20.1. The van der Waals surface area contributed by atoms with Gasteiger partial charge < -0.3 is 15.0 Å². The fraction of sp³-hybridized carbons (Fsp3) is 0.174. The van der Waals surface area contributed by atoms with Gasteiger partial charge in [-0.2, -0.15) is 0 Å². The fourth-order valence-electron chi connectivity index (χ4n) is 2.76. The number of ether oxygens (including phenoxy) is 1. The molecular weight excluding hydrogens is 366 g/mol. The molecule has 0 fully saturated rings. The molecule has 0 unspecified atom stereocenters. The van der Waals surface area contributed by atoms with Crippen molar-refractivity contribution in [2.24, 2.45) is 0 Å². The monoisotopic (exact) mass is 389 g/mol. The predicted octanol–water partition coefficient (Wildman–Crippen LogP) is 4.40. The van der Waals surface area contributed by atoms with Gasteiger partial charge in [0.05, 0.1) is 22.9 Å². The Morgan fingerprint density at radius 2 is 1.62 bits per heavy atom.